The van der Waals surface area contributed by atoms with E-state index in [-0.39, 0.29) is 5.91 Å². The quantitative estimate of drug-likeness (QED) is 0.583. The Hall–Kier alpha value is -1.78. The third-order valence-electron chi connectivity index (χ3n) is 3.76. The third-order valence-corrected chi connectivity index (χ3v) is 6.07. The van der Waals surface area contributed by atoms with Crippen molar-refractivity contribution in [3.05, 3.63) is 60.2 Å². The van der Waals surface area contributed by atoms with E-state index in [0.29, 0.717) is 12.3 Å². The van der Waals surface area contributed by atoms with E-state index in [9.17, 15) is 4.79 Å². The molecule has 0 fully saturated rings. The maximum Gasteiger partial charge on any atom is 0.237 e. The number of thioether (sulfide) groups is 1. The van der Waals surface area contributed by atoms with Crippen LogP contribution in [0, 0.1) is 6.92 Å². The lowest BCUT2D eigenvalue weighted by molar-refractivity contribution is -0.116. The van der Waals surface area contributed by atoms with Gasteiger partial charge in [-0.3, -0.25) is 4.79 Å². The first-order chi connectivity index (χ1) is 11.2. The second-order valence-corrected chi connectivity index (χ2v) is 7.68. The van der Waals surface area contributed by atoms with Crippen LogP contribution in [-0.4, -0.2) is 18.2 Å². The molecule has 0 saturated heterocycles. The summed E-state index contributed by atoms with van der Waals surface area (Å²) in [6, 6.07) is 18.6. The van der Waals surface area contributed by atoms with E-state index in [1.165, 1.54) is 14.3 Å². The molecule has 0 N–H and O–H groups in total. The van der Waals surface area contributed by atoms with Crippen LogP contribution in [0.25, 0.3) is 10.1 Å². The molecule has 0 aliphatic rings. The van der Waals surface area contributed by atoms with Crippen molar-refractivity contribution in [2.75, 3.05) is 17.2 Å². The Labute approximate surface area is 145 Å². The third kappa shape index (κ3) is 3.59. The van der Waals surface area contributed by atoms with Crippen molar-refractivity contribution in [1.29, 1.82) is 0 Å². The second-order valence-electron chi connectivity index (χ2n) is 5.32. The second kappa shape index (κ2) is 7.20. The highest BCUT2D eigenvalue weighted by molar-refractivity contribution is 8.01. The summed E-state index contributed by atoms with van der Waals surface area (Å²) in [4.78, 5) is 14.5. The van der Waals surface area contributed by atoms with E-state index in [1.807, 2.05) is 49.1 Å². The average Bonchev–Trinajstić information content (AvgIpc) is 2.98. The molecular formula is C19H19NOS2. The average molecular weight is 342 g/mol. The van der Waals surface area contributed by atoms with Gasteiger partial charge in [0, 0.05) is 16.9 Å². The van der Waals surface area contributed by atoms with Crippen molar-refractivity contribution in [3.8, 4) is 0 Å². The summed E-state index contributed by atoms with van der Waals surface area (Å²) < 4.78 is 2.47. The highest BCUT2D eigenvalue weighted by Crippen LogP contribution is 2.33. The van der Waals surface area contributed by atoms with Gasteiger partial charge < -0.3 is 4.90 Å². The number of nitrogens with zero attached hydrogens (tertiary/aromatic N) is 1. The number of aryl methyl sites for hydroxylation is 1. The number of thiophene rings is 1. The van der Waals surface area contributed by atoms with Crippen molar-refractivity contribution >= 4 is 44.8 Å². The van der Waals surface area contributed by atoms with Crippen LogP contribution in [0.3, 0.4) is 0 Å². The largest absolute Gasteiger partial charge is 0.312 e. The van der Waals surface area contributed by atoms with E-state index < -0.39 is 0 Å². The van der Waals surface area contributed by atoms with Crippen LogP contribution in [0.15, 0.2) is 58.8 Å². The van der Waals surface area contributed by atoms with Gasteiger partial charge in [0.2, 0.25) is 5.91 Å². The van der Waals surface area contributed by atoms with Gasteiger partial charge in [-0.1, -0.05) is 36.4 Å². The summed E-state index contributed by atoms with van der Waals surface area (Å²) in [5.74, 6) is 0.624. The van der Waals surface area contributed by atoms with E-state index in [2.05, 4.69) is 24.3 Å². The van der Waals surface area contributed by atoms with Crippen LogP contribution in [-0.2, 0) is 4.79 Å². The highest BCUT2D eigenvalue weighted by atomic mass is 32.2. The molecule has 1 aromatic heterocycles. The SMILES string of the molecule is CCN(C(=O)CSc1cc2ccccc2s1)c1ccccc1C. The van der Waals surface area contributed by atoms with Crippen molar-refractivity contribution in [1.82, 2.24) is 0 Å². The fourth-order valence-corrected chi connectivity index (χ4v) is 4.69. The number of rotatable bonds is 5. The molecular weight excluding hydrogens is 322 g/mol. The molecule has 0 aliphatic heterocycles. The van der Waals surface area contributed by atoms with Gasteiger partial charge in [-0.25, -0.2) is 0 Å². The summed E-state index contributed by atoms with van der Waals surface area (Å²) in [6.45, 7) is 4.76. The molecule has 3 aromatic rings. The molecule has 0 bridgehead atoms. The van der Waals surface area contributed by atoms with Gasteiger partial charge in [0.1, 0.15) is 0 Å². The Morgan fingerprint density at radius 1 is 1.13 bits per heavy atom. The molecule has 0 unspecified atom stereocenters. The lowest BCUT2D eigenvalue weighted by Gasteiger charge is -2.22. The van der Waals surface area contributed by atoms with E-state index in [0.717, 1.165) is 11.3 Å². The number of para-hydroxylation sites is 1. The van der Waals surface area contributed by atoms with E-state index >= 15 is 0 Å². The van der Waals surface area contributed by atoms with Crippen LogP contribution in [0.1, 0.15) is 12.5 Å². The number of carbonyl (C=O) groups is 1. The fourth-order valence-electron chi connectivity index (χ4n) is 2.59. The number of anilines is 1. The molecule has 0 radical (unpaired) electrons. The number of fused-ring (bicyclic) bond motifs is 1. The smallest absolute Gasteiger partial charge is 0.237 e. The van der Waals surface area contributed by atoms with Gasteiger partial charge >= 0.3 is 0 Å². The van der Waals surface area contributed by atoms with Crippen LogP contribution in [0.5, 0.6) is 0 Å². The molecule has 2 aromatic carbocycles. The molecule has 2 nitrogen and oxygen atoms in total. The summed E-state index contributed by atoms with van der Waals surface area (Å²) in [6.07, 6.45) is 0. The maximum atomic E-state index is 12.6. The zero-order valence-corrected chi connectivity index (χ0v) is 14.9. The maximum absolute atomic E-state index is 12.6. The fraction of sp³-hybridized carbons (Fsp3) is 0.211. The van der Waals surface area contributed by atoms with Crippen molar-refractivity contribution in [3.63, 3.8) is 0 Å². The zero-order chi connectivity index (χ0) is 16.2. The van der Waals surface area contributed by atoms with Gasteiger partial charge in [0.25, 0.3) is 0 Å². The summed E-state index contributed by atoms with van der Waals surface area (Å²) in [5.41, 5.74) is 2.14. The van der Waals surface area contributed by atoms with Gasteiger partial charge in [-0.15, -0.1) is 23.1 Å². The molecule has 23 heavy (non-hydrogen) atoms. The van der Waals surface area contributed by atoms with Crippen molar-refractivity contribution in [2.24, 2.45) is 0 Å². The standard InChI is InChI=1S/C19H19NOS2/c1-3-20(16-10-6-4-8-14(16)2)18(21)13-22-19-12-15-9-5-7-11-17(15)23-19/h4-12H,3,13H2,1-2H3. The molecule has 4 heteroatoms. The monoisotopic (exact) mass is 341 g/mol. The minimum absolute atomic E-state index is 0.157. The molecule has 3 rings (SSSR count). The Morgan fingerprint density at radius 2 is 1.87 bits per heavy atom. The Bertz CT molecular complexity index is 792. The molecule has 0 spiro atoms. The van der Waals surface area contributed by atoms with Crippen LogP contribution >= 0.6 is 23.1 Å². The van der Waals surface area contributed by atoms with Crippen LogP contribution < -0.4 is 4.90 Å². The van der Waals surface area contributed by atoms with Gasteiger partial charge in [0.15, 0.2) is 0 Å². The lowest BCUT2D eigenvalue weighted by atomic mass is 10.2. The normalized spacial score (nSPS) is 10.9. The number of hydrogen-bond donors (Lipinski definition) is 0. The van der Waals surface area contributed by atoms with Crippen LogP contribution in [0.2, 0.25) is 0 Å². The lowest BCUT2D eigenvalue weighted by Crippen LogP contribution is -2.32. The Kier molecular flexibility index (Phi) is 5.03. The summed E-state index contributed by atoms with van der Waals surface area (Å²) in [5, 5.41) is 1.25. The number of amides is 1. The number of hydrogen-bond acceptors (Lipinski definition) is 3. The highest BCUT2D eigenvalue weighted by Gasteiger charge is 2.16. The molecule has 0 atom stereocenters. The van der Waals surface area contributed by atoms with Crippen molar-refractivity contribution < 1.29 is 4.79 Å². The Morgan fingerprint density at radius 3 is 2.61 bits per heavy atom. The molecule has 1 amide bonds. The Balaban J connectivity index is 1.71. The minimum Gasteiger partial charge on any atom is -0.312 e. The van der Waals surface area contributed by atoms with E-state index in [1.54, 1.807) is 23.1 Å². The molecule has 0 aliphatic carbocycles. The van der Waals surface area contributed by atoms with Crippen molar-refractivity contribution in [2.45, 2.75) is 18.1 Å². The number of benzene rings is 2. The topological polar surface area (TPSA) is 20.3 Å². The molecule has 0 saturated carbocycles. The van der Waals surface area contributed by atoms with E-state index in [4.69, 9.17) is 0 Å². The zero-order valence-electron chi connectivity index (χ0n) is 13.3. The molecule has 118 valence electrons. The van der Waals surface area contributed by atoms with Gasteiger partial charge in [0.05, 0.1) is 9.96 Å². The minimum atomic E-state index is 0.157. The predicted molar refractivity (Wildman–Crippen MR) is 102 cm³/mol. The molecule has 1 heterocycles. The first-order valence-corrected chi connectivity index (χ1v) is 9.46. The summed E-state index contributed by atoms with van der Waals surface area (Å²) >= 11 is 3.38. The van der Waals surface area contributed by atoms with Gasteiger partial charge in [-0.05, 0) is 43.0 Å². The van der Waals surface area contributed by atoms with Gasteiger partial charge in [-0.2, -0.15) is 0 Å². The predicted octanol–water partition coefficient (Wildman–Crippen LogP) is 5.35. The summed E-state index contributed by atoms with van der Waals surface area (Å²) in [7, 11) is 0. The first kappa shape index (κ1) is 16.1. The van der Waals surface area contributed by atoms with Crippen LogP contribution in [0.4, 0.5) is 5.69 Å². The number of carbonyl (C=O) groups excluding carboxylic acids is 1. The first-order valence-electron chi connectivity index (χ1n) is 7.66.